The summed E-state index contributed by atoms with van der Waals surface area (Å²) in [5, 5.41) is 13.1. The van der Waals surface area contributed by atoms with Crippen molar-refractivity contribution in [1.29, 1.82) is 0 Å². The van der Waals surface area contributed by atoms with Crippen molar-refractivity contribution in [3.05, 3.63) is 45.5 Å². The maximum absolute atomic E-state index is 11.7. The van der Waals surface area contributed by atoms with E-state index in [-0.39, 0.29) is 11.8 Å². The topological polar surface area (TPSA) is 81.5 Å². The van der Waals surface area contributed by atoms with Crippen LogP contribution in [0.15, 0.2) is 35.4 Å². The molecular weight excluding hydrogens is 260 g/mol. The second-order valence-corrected chi connectivity index (χ2v) is 4.66. The number of nitrogens with one attached hydrogen (secondary N) is 1. The van der Waals surface area contributed by atoms with Gasteiger partial charge in [0.2, 0.25) is 0 Å². The number of nitrogens with zero attached hydrogens (tertiary/aromatic N) is 1. The molecule has 0 aromatic heterocycles. The van der Waals surface area contributed by atoms with E-state index in [1.165, 1.54) is 18.2 Å². The first kappa shape index (κ1) is 15.7. The molecule has 1 rings (SSSR count). The van der Waals surface area contributed by atoms with Gasteiger partial charge in [-0.15, -0.1) is 0 Å². The van der Waals surface area contributed by atoms with Crippen molar-refractivity contribution in [2.45, 2.75) is 33.8 Å². The smallest absolute Gasteiger partial charge is 0.412 e. The van der Waals surface area contributed by atoms with Crippen LogP contribution in [0.25, 0.3) is 0 Å². The van der Waals surface area contributed by atoms with Gasteiger partial charge in [-0.25, -0.2) is 4.79 Å². The van der Waals surface area contributed by atoms with Crippen LogP contribution in [0.3, 0.4) is 0 Å². The lowest BCUT2D eigenvalue weighted by Crippen LogP contribution is -2.21. The molecule has 1 unspecified atom stereocenters. The zero-order chi connectivity index (χ0) is 15.3. The molecule has 6 heteroatoms. The number of non-ortho nitro benzene ring substituents is 1. The molecule has 1 aromatic rings. The van der Waals surface area contributed by atoms with Gasteiger partial charge < -0.3 is 4.74 Å². The second-order valence-electron chi connectivity index (χ2n) is 4.66. The normalized spacial score (nSPS) is 11.4. The largest absolute Gasteiger partial charge is 0.442 e. The van der Waals surface area contributed by atoms with Crippen LogP contribution in [-0.4, -0.2) is 17.1 Å². The Kier molecular flexibility index (Phi) is 5.25. The number of hydrogen-bond acceptors (Lipinski definition) is 4. The Morgan fingerprint density at radius 3 is 2.55 bits per heavy atom. The van der Waals surface area contributed by atoms with Gasteiger partial charge in [0.05, 0.1) is 10.6 Å². The molecule has 0 fully saturated rings. The molecule has 1 aromatic carbocycles. The molecule has 1 amide bonds. The molecule has 0 heterocycles. The molecular formula is C14H18N2O4. The Labute approximate surface area is 117 Å². The van der Waals surface area contributed by atoms with Gasteiger partial charge in [-0.2, -0.15) is 0 Å². The predicted octanol–water partition coefficient (Wildman–Crippen LogP) is 3.89. The Balaban J connectivity index is 2.70. The van der Waals surface area contributed by atoms with Crippen molar-refractivity contribution >= 4 is 17.5 Å². The van der Waals surface area contributed by atoms with Crippen LogP contribution in [0.1, 0.15) is 27.7 Å². The molecule has 0 radical (unpaired) electrons. The molecule has 0 aliphatic heterocycles. The molecule has 6 nitrogen and oxygen atoms in total. The number of hydrogen-bond donors (Lipinski definition) is 1. The van der Waals surface area contributed by atoms with E-state index in [0.717, 1.165) is 11.1 Å². The van der Waals surface area contributed by atoms with Crippen LogP contribution in [-0.2, 0) is 4.74 Å². The van der Waals surface area contributed by atoms with E-state index < -0.39 is 11.0 Å². The summed E-state index contributed by atoms with van der Waals surface area (Å²) in [5.41, 5.74) is 2.29. The average molecular weight is 278 g/mol. The second kappa shape index (κ2) is 6.70. The summed E-state index contributed by atoms with van der Waals surface area (Å²) in [7, 11) is 0. The quantitative estimate of drug-likeness (QED) is 0.514. The fourth-order valence-corrected chi connectivity index (χ4v) is 1.50. The number of nitro groups is 1. The molecule has 0 saturated heterocycles. The zero-order valence-corrected chi connectivity index (χ0v) is 12.0. The van der Waals surface area contributed by atoms with E-state index >= 15 is 0 Å². The minimum Gasteiger partial charge on any atom is -0.442 e. The number of amides is 1. The van der Waals surface area contributed by atoms with Crippen molar-refractivity contribution < 1.29 is 14.5 Å². The zero-order valence-electron chi connectivity index (χ0n) is 12.0. The van der Waals surface area contributed by atoms with Crippen molar-refractivity contribution in [2.24, 2.45) is 0 Å². The maximum Gasteiger partial charge on any atom is 0.412 e. The van der Waals surface area contributed by atoms with Gasteiger partial charge in [-0.05, 0) is 39.3 Å². The number of benzene rings is 1. The molecule has 20 heavy (non-hydrogen) atoms. The predicted molar refractivity (Wildman–Crippen MR) is 76.7 cm³/mol. The lowest BCUT2D eigenvalue weighted by molar-refractivity contribution is -0.384. The summed E-state index contributed by atoms with van der Waals surface area (Å²) in [6.45, 7) is 7.54. The molecule has 0 spiro atoms. The number of rotatable bonds is 4. The third-order valence-electron chi connectivity index (χ3n) is 2.99. The fraction of sp³-hybridized carbons (Fsp3) is 0.357. The minimum absolute atomic E-state index is 0.0867. The van der Waals surface area contributed by atoms with Crippen LogP contribution in [0.2, 0.25) is 0 Å². The Bertz CT molecular complexity index is 548. The van der Waals surface area contributed by atoms with E-state index in [2.05, 4.69) is 5.32 Å². The van der Waals surface area contributed by atoms with Gasteiger partial charge in [0.1, 0.15) is 6.10 Å². The van der Waals surface area contributed by atoms with E-state index in [0.29, 0.717) is 5.69 Å². The summed E-state index contributed by atoms with van der Waals surface area (Å²) in [6.07, 6.45) is -0.989. The summed E-state index contributed by atoms with van der Waals surface area (Å²) in [6, 6.07) is 5.69. The number of nitro benzene ring substituents is 1. The Morgan fingerprint density at radius 1 is 1.35 bits per heavy atom. The van der Waals surface area contributed by atoms with E-state index in [4.69, 9.17) is 4.74 Å². The van der Waals surface area contributed by atoms with Gasteiger partial charge in [-0.1, -0.05) is 11.6 Å². The fourth-order valence-electron chi connectivity index (χ4n) is 1.50. The summed E-state index contributed by atoms with van der Waals surface area (Å²) in [4.78, 5) is 21.8. The van der Waals surface area contributed by atoms with E-state index in [1.807, 2.05) is 20.8 Å². The van der Waals surface area contributed by atoms with Crippen LogP contribution in [0, 0.1) is 10.1 Å². The third-order valence-corrected chi connectivity index (χ3v) is 2.99. The first-order valence-corrected chi connectivity index (χ1v) is 6.17. The number of anilines is 1. The summed E-state index contributed by atoms with van der Waals surface area (Å²) in [5.74, 6) is 0. The van der Waals surface area contributed by atoms with Gasteiger partial charge >= 0.3 is 6.09 Å². The lowest BCUT2D eigenvalue weighted by atomic mass is 10.1. The van der Waals surface area contributed by atoms with Gasteiger partial charge in [0.25, 0.3) is 5.69 Å². The highest BCUT2D eigenvalue weighted by molar-refractivity contribution is 5.85. The van der Waals surface area contributed by atoms with Crippen molar-refractivity contribution in [3.8, 4) is 0 Å². The first-order valence-electron chi connectivity index (χ1n) is 6.17. The molecule has 1 atom stereocenters. The minimum atomic E-state index is -0.640. The van der Waals surface area contributed by atoms with E-state index in [1.54, 1.807) is 13.0 Å². The summed E-state index contributed by atoms with van der Waals surface area (Å²) < 4.78 is 5.20. The standard InChI is InChI=1S/C14H18N2O4/c1-9(2)10(3)11(4)20-14(17)15-12-6-5-7-13(8-12)16(18)19/h5-8,11H,1-4H3,(H,15,17). The molecule has 1 N–H and O–H groups in total. The monoisotopic (exact) mass is 278 g/mol. The highest BCUT2D eigenvalue weighted by Crippen LogP contribution is 2.18. The van der Waals surface area contributed by atoms with Gasteiger partial charge in [0.15, 0.2) is 0 Å². The Hall–Kier alpha value is -2.37. The van der Waals surface area contributed by atoms with Crippen LogP contribution >= 0.6 is 0 Å². The lowest BCUT2D eigenvalue weighted by Gasteiger charge is -2.15. The number of ether oxygens (including phenoxy) is 1. The third kappa shape index (κ3) is 4.38. The van der Waals surface area contributed by atoms with Gasteiger partial charge in [-0.3, -0.25) is 15.4 Å². The number of allylic oxidation sites excluding steroid dienone is 1. The SMILES string of the molecule is CC(C)=C(C)C(C)OC(=O)Nc1cccc([N+](=O)[O-])c1. The maximum atomic E-state index is 11.7. The number of carbonyl (C=O) groups excluding carboxylic acids is 1. The molecule has 0 saturated carbocycles. The molecule has 0 bridgehead atoms. The number of carbonyl (C=O) groups is 1. The molecule has 0 aliphatic rings. The average Bonchev–Trinajstić information content (AvgIpc) is 2.37. The van der Waals surface area contributed by atoms with Crippen LogP contribution < -0.4 is 5.32 Å². The molecule has 0 aliphatic carbocycles. The van der Waals surface area contributed by atoms with Gasteiger partial charge in [0, 0.05) is 12.1 Å². The Morgan fingerprint density at radius 2 is 2.00 bits per heavy atom. The first-order chi connectivity index (χ1) is 9.31. The summed E-state index contributed by atoms with van der Waals surface area (Å²) >= 11 is 0. The highest BCUT2D eigenvalue weighted by atomic mass is 16.6. The highest BCUT2D eigenvalue weighted by Gasteiger charge is 2.13. The molecule has 108 valence electrons. The van der Waals surface area contributed by atoms with Crippen molar-refractivity contribution in [2.75, 3.05) is 5.32 Å². The van der Waals surface area contributed by atoms with E-state index in [9.17, 15) is 14.9 Å². The van der Waals surface area contributed by atoms with Crippen molar-refractivity contribution in [1.82, 2.24) is 0 Å². The van der Waals surface area contributed by atoms with Crippen LogP contribution in [0.5, 0.6) is 0 Å². The van der Waals surface area contributed by atoms with Crippen LogP contribution in [0.4, 0.5) is 16.2 Å². The van der Waals surface area contributed by atoms with Crippen molar-refractivity contribution in [3.63, 3.8) is 0 Å².